The second-order valence-electron chi connectivity index (χ2n) is 3.57. The summed E-state index contributed by atoms with van der Waals surface area (Å²) in [6, 6.07) is 1.87. The van der Waals surface area contributed by atoms with Gasteiger partial charge in [0.2, 0.25) is 0 Å². The van der Waals surface area contributed by atoms with Crippen molar-refractivity contribution in [3.05, 3.63) is 35.1 Å². The molecule has 0 aromatic carbocycles. The number of esters is 1. The molecule has 0 saturated carbocycles. The van der Waals surface area contributed by atoms with E-state index in [2.05, 4.69) is 9.47 Å². The molecule has 0 radical (unpaired) electrons. The highest BCUT2D eigenvalue weighted by Gasteiger charge is 2.11. The lowest BCUT2D eigenvalue weighted by Crippen LogP contribution is -2.09. The van der Waals surface area contributed by atoms with E-state index in [1.54, 1.807) is 18.5 Å². The maximum atomic E-state index is 11.6. The standard InChI is InChI=1S/C11H13N3O2S/c1-9-10(8-17-13-9)11(15)16-7-3-6-14-5-2-4-12-14/h2,4-5,8H,3,6-7H2,1H3. The van der Waals surface area contributed by atoms with Gasteiger partial charge in [0.1, 0.15) is 0 Å². The Labute approximate surface area is 103 Å². The van der Waals surface area contributed by atoms with Crippen LogP contribution in [0.2, 0.25) is 0 Å². The summed E-state index contributed by atoms with van der Waals surface area (Å²) >= 11 is 1.27. The van der Waals surface area contributed by atoms with Crippen LogP contribution >= 0.6 is 11.5 Å². The lowest BCUT2D eigenvalue weighted by molar-refractivity contribution is 0.0494. The van der Waals surface area contributed by atoms with E-state index in [9.17, 15) is 4.79 Å². The third-order valence-corrected chi connectivity index (χ3v) is 3.01. The fourth-order valence-corrected chi connectivity index (χ4v) is 2.07. The topological polar surface area (TPSA) is 57.0 Å². The molecule has 90 valence electrons. The van der Waals surface area contributed by atoms with Gasteiger partial charge in [-0.2, -0.15) is 9.47 Å². The Morgan fingerprint density at radius 1 is 1.59 bits per heavy atom. The molecule has 0 aliphatic heterocycles. The van der Waals surface area contributed by atoms with Gasteiger partial charge < -0.3 is 4.74 Å². The normalized spacial score (nSPS) is 10.4. The molecule has 2 aromatic heterocycles. The van der Waals surface area contributed by atoms with Crippen molar-refractivity contribution in [1.82, 2.24) is 14.2 Å². The van der Waals surface area contributed by atoms with Gasteiger partial charge in [-0.05, 0) is 24.5 Å². The zero-order valence-corrected chi connectivity index (χ0v) is 10.3. The number of hydrogen-bond acceptors (Lipinski definition) is 5. The number of nitrogens with zero attached hydrogens (tertiary/aromatic N) is 3. The predicted molar refractivity (Wildman–Crippen MR) is 64.0 cm³/mol. The highest BCUT2D eigenvalue weighted by Crippen LogP contribution is 2.10. The van der Waals surface area contributed by atoms with Crippen LogP contribution in [-0.2, 0) is 11.3 Å². The van der Waals surface area contributed by atoms with Gasteiger partial charge in [0.25, 0.3) is 0 Å². The van der Waals surface area contributed by atoms with Crippen LogP contribution < -0.4 is 0 Å². The average Bonchev–Trinajstić information content (AvgIpc) is 2.95. The van der Waals surface area contributed by atoms with Gasteiger partial charge in [-0.15, -0.1) is 0 Å². The monoisotopic (exact) mass is 251 g/mol. The molecule has 0 fully saturated rings. The van der Waals surface area contributed by atoms with E-state index in [0.717, 1.165) is 18.7 Å². The molecule has 2 heterocycles. The Hall–Kier alpha value is -1.69. The summed E-state index contributed by atoms with van der Waals surface area (Å²) < 4.78 is 11.0. The quantitative estimate of drug-likeness (QED) is 0.601. The summed E-state index contributed by atoms with van der Waals surface area (Å²) in [4.78, 5) is 11.6. The number of hydrogen-bond donors (Lipinski definition) is 0. The van der Waals surface area contributed by atoms with Crippen LogP contribution in [0.5, 0.6) is 0 Å². The van der Waals surface area contributed by atoms with Crippen molar-refractivity contribution in [2.75, 3.05) is 6.61 Å². The third kappa shape index (κ3) is 3.13. The highest BCUT2D eigenvalue weighted by molar-refractivity contribution is 7.03. The largest absolute Gasteiger partial charge is 0.462 e. The maximum Gasteiger partial charge on any atom is 0.340 e. The van der Waals surface area contributed by atoms with Gasteiger partial charge in [0.15, 0.2) is 0 Å². The smallest absolute Gasteiger partial charge is 0.340 e. The first-order valence-electron chi connectivity index (χ1n) is 5.33. The number of carbonyl (C=O) groups is 1. The van der Waals surface area contributed by atoms with Crippen molar-refractivity contribution in [2.24, 2.45) is 0 Å². The Morgan fingerprint density at radius 2 is 2.47 bits per heavy atom. The van der Waals surface area contributed by atoms with E-state index in [4.69, 9.17) is 4.74 Å². The molecule has 5 nitrogen and oxygen atoms in total. The second kappa shape index (κ2) is 5.58. The van der Waals surface area contributed by atoms with E-state index in [1.165, 1.54) is 11.5 Å². The molecule has 0 spiro atoms. The van der Waals surface area contributed by atoms with E-state index in [1.807, 2.05) is 16.9 Å². The summed E-state index contributed by atoms with van der Waals surface area (Å²) in [6.45, 7) is 2.95. The molecule has 6 heteroatoms. The summed E-state index contributed by atoms with van der Waals surface area (Å²) in [6.07, 6.45) is 4.37. The molecule has 0 aliphatic rings. The van der Waals surface area contributed by atoms with Crippen LogP contribution in [0.25, 0.3) is 0 Å². The molecule has 0 atom stereocenters. The second-order valence-corrected chi connectivity index (χ2v) is 4.20. The number of rotatable bonds is 5. The first-order chi connectivity index (χ1) is 8.27. The van der Waals surface area contributed by atoms with E-state index in [0.29, 0.717) is 12.2 Å². The number of aromatic nitrogens is 3. The van der Waals surface area contributed by atoms with Gasteiger partial charge in [-0.3, -0.25) is 4.68 Å². The summed E-state index contributed by atoms with van der Waals surface area (Å²) in [5.41, 5.74) is 1.29. The van der Waals surface area contributed by atoms with Crippen LogP contribution in [0, 0.1) is 6.92 Å². The molecular formula is C11H13N3O2S. The Kier molecular flexibility index (Phi) is 3.87. The van der Waals surface area contributed by atoms with Gasteiger partial charge in [-0.25, -0.2) is 4.79 Å². The summed E-state index contributed by atoms with van der Waals surface area (Å²) in [5.74, 6) is -0.295. The van der Waals surface area contributed by atoms with Crippen molar-refractivity contribution >= 4 is 17.5 Å². The molecule has 0 unspecified atom stereocenters. The minimum atomic E-state index is -0.295. The number of ether oxygens (including phenoxy) is 1. The molecular weight excluding hydrogens is 238 g/mol. The molecule has 0 saturated heterocycles. The van der Waals surface area contributed by atoms with Crippen LogP contribution in [0.1, 0.15) is 22.5 Å². The van der Waals surface area contributed by atoms with E-state index >= 15 is 0 Å². The van der Waals surface area contributed by atoms with Gasteiger partial charge in [0, 0.05) is 30.7 Å². The van der Waals surface area contributed by atoms with Crippen LogP contribution in [0.3, 0.4) is 0 Å². The Morgan fingerprint density at radius 3 is 3.12 bits per heavy atom. The summed E-state index contributed by atoms with van der Waals surface area (Å²) in [5, 5.41) is 5.78. The third-order valence-electron chi connectivity index (χ3n) is 2.29. The van der Waals surface area contributed by atoms with Gasteiger partial charge >= 0.3 is 5.97 Å². The lowest BCUT2D eigenvalue weighted by atomic mass is 10.3. The van der Waals surface area contributed by atoms with E-state index < -0.39 is 0 Å². The minimum absolute atomic E-state index is 0.295. The Balaban J connectivity index is 1.72. The zero-order chi connectivity index (χ0) is 12.1. The molecule has 0 amide bonds. The molecule has 0 N–H and O–H groups in total. The van der Waals surface area contributed by atoms with Crippen molar-refractivity contribution in [3.63, 3.8) is 0 Å². The van der Waals surface area contributed by atoms with Crippen molar-refractivity contribution in [2.45, 2.75) is 19.9 Å². The zero-order valence-electron chi connectivity index (χ0n) is 9.50. The minimum Gasteiger partial charge on any atom is -0.462 e. The molecule has 17 heavy (non-hydrogen) atoms. The van der Waals surface area contributed by atoms with Crippen molar-refractivity contribution < 1.29 is 9.53 Å². The fourth-order valence-electron chi connectivity index (χ4n) is 1.39. The van der Waals surface area contributed by atoms with Crippen LogP contribution in [0.15, 0.2) is 23.8 Å². The van der Waals surface area contributed by atoms with Gasteiger partial charge in [-0.1, -0.05) is 0 Å². The fraction of sp³-hybridized carbons (Fsp3) is 0.364. The van der Waals surface area contributed by atoms with Crippen LogP contribution in [-0.4, -0.2) is 26.7 Å². The predicted octanol–water partition coefficient (Wildman–Crippen LogP) is 1.90. The number of carbonyl (C=O) groups excluding carboxylic acids is 1. The molecule has 2 rings (SSSR count). The molecule has 0 bridgehead atoms. The van der Waals surface area contributed by atoms with Crippen molar-refractivity contribution in [3.8, 4) is 0 Å². The molecule has 2 aromatic rings. The SMILES string of the molecule is Cc1nscc1C(=O)OCCCn1cccn1. The highest BCUT2D eigenvalue weighted by atomic mass is 32.1. The van der Waals surface area contributed by atoms with Gasteiger partial charge in [0.05, 0.1) is 17.9 Å². The van der Waals surface area contributed by atoms with E-state index in [-0.39, 0.29) is 5.97 Å². The Bertz CT molecular complexity index is 479. The van der Waals surface area contributed by atoms with Crippen molar-refractivity contribution in [1.29, 1.82) is 0 Å². The lowest BCUT2D eigenvalue weighted by Gasteiger charge is -2.04. The summed E-state index contributed by atoms with van der Waals surface area (Å²) in [7, 11) is 0. The first kappa shape index (κ1) is 11.8. The number of aryl methyl sites for hydroxylation is 2. The average molecular weight is 251 g/mol. The maximum absolute atomic E-state index is 11.6. The molecule has 0 aliphatic carbocycles. The van der Waals surface area contributed by atoms with Crippen LogP contribution in [0.4, 0.5) is 0 Å². The first-order valence-corrected chi connectivity index (χ1v) is 6.16.